The van der Waals surface area contributed by atoms with Gasteiger partial charge in [0.2, 0.25) is 5.91 Å². The Morgan fingerprint density at radius 1 is 1.23 bits per heavy atom. The number of carbonyl (C=O) groups excluding carboxylic acids is 3. The number of esters is 1. The molecule has 0 aliphatic carbocycles. The molecule has 0 bridgehead atoms. The van der Waals surface area contributed by atoms with Crippen molar-refractivity contribution >= 4 is 34.1 Å². The highest BCUT2D eigenvalue weighted by Gasteiger charge is 2.58. The Labute approximate surface area is 147 Å². The highest BCUT2D eigenvalue weighted by Crippen LogP contribution is 2.26. The monoisotopic (exact) mass is 386 g/mol. The van der Waals surface area contributed by atoms with E-state index in [1.54, 1.807) is 6.07 Å². The van der Waals surface area contributed by atoms with Gasteiger partial charge < -0.3 is 15.2 Å². The number of carbonyl (C=O) groups is 4. The molecule has 1 fully saturated rings. The molecule has 0 aromatic heterocycles. The lowest BCUT2D eigenvalue weighted by Crippen LogP contribution is -2.74. The number of carboxylic acid groups (broad SMARTS) is 1. The van der Waals surface area contributed by atoms with Gasteiger partial charge in [-0.25, -0.2) is 4.79 Å². The summed E-state index contributed by atoms with van der Waals surface area (Å²) >= 11 is 0. The molecule has 3 N–H and O–H groups in total. The molecule has 1 aliphatic rings. The highest BCUT2D eigenvalue weighted by molar-refractivity contribution is 7.84. The van der Waals surface area contributed by atoms with Crippen molar-refractivity contribution in [2.45, 2.75) is 18.0 Å². The molecule has 1 aromatic carbocycles. The molecule has 1 saturated heterocycles. The molecule has 1 heterocycles. The Kier molecular flexibility index (Phi) is 5.28. The minimum Gasteiger partial charge on any atom is -0.480 e. The van der Waals surface area contributed by atoms with E-state index in [4.69, 9.17) is 4.55 Å². The smallest absolute Gasteiger partial charge is 0.363 e. The summed E-state index contributed by atoms with van der Waals surface area (Å²) in [5.41, 5.74) is 0.116. The van der Waals surface area contributed by atoms with Gasteiger partial charge in [0.25, 0.3) is 5.91 Å². The third-order valence-corrected chi connectivity index (χ3v) is 4.59. The molecule has 2 rings (SSSR count). The van der Waals surface area contributed by atoms with E-state index in [2.05, 4.69) is 4.74 Å². The Balaban J connectivity index is 2.28. The molecule has 2 amide bonds. The highest BCUT2D eigenvalue weighted by atomic mass is 32.2. The number of benzene rings is 1. The number of carboxylic acids is 1. The lowest BCUT2D eigenvalue weighted by atomic mass is 9.94. The Hall–Kier alpha value is -2.99. The van der Waals surface area contributed by atoms with Crippen LogP contribution in [0.5, 0.6) is 0 Å². The maximum atomic E-state index is 12.3. The van der Waals surface area contributed by atoms with Gasteiger partial charge in [0, 0.05) is 0 Å². The van der Waals surface area contributed by atoms with Crippen LogP contribution in [0.25, 0.3) is 0 Å². The fourth-order valence-corrected chi connectivity index (χ4v) is 3.34. The Morgan fingerprint density at radius 3 is 2.27 bits per heavy atom. The summed E-state index contributed by atoms with van der Waals surface area (Å²) in [4.78, 5) is 47.4. The van der Waals surface area contributed by atoms with Gasteiger partial charge in [-0.3, -0.25) is 18.9 Å². The third kappa shape index (κ3) is 3.50. The van der Waals surface area contributed by atoms with Crippen LogP contribution in [0.2, 0.25) is 0 Å². The van der Waals surface area contributed by atoms with Gasteiger partial charge >= 0.3 is 22.2 Å². The van der Waals surface area contributed by atoms with E-state index in [9.17, 15) is 32.7 Å². The minimum absolute atomic E-state index is 0.116. The maximum absolute atomic E-state index is 12.3. The van der Waals surface area contributed by atoms with E-state index >= 15 is 0 Å². The van der Waals surface area contributed by atoms with E-state index < -0.39 is 52.1 Å². The largest absolute Gasteiger partial charge is 0.480 e. The molecule has 1 aliphatic heterocycles. The second-order valence-electron chi connectivity index (χ2n) is 5.25. The van der Waals surface area contributed by atoms with Crippen molar-refractivity contribution in [2.24, 2.45) is 0 Å². The molecule has 140 valence electrons. The van der Waals surface area contributed by atoms with Crippen LogP contribution in [-0.2, 0) is 34.2 Å². The van der Waals surface area contributed by atoms with Gasteiger partial charge in [-0.15, -0.1) is 0 Å². The van der Waals surface area contributed by atoms with Crippen LogP contribution in [0.4, 0.5) is 0 Å². The topological polar surface area (TPSA) is 167 Å². The van der Waals surface area contributed by atoms with E-state index in [0.717, 1.165) is 7.11 Å². The van der Waals surface area contributed by atoms with E-state index in [0.29, 0.717) is 0 Å². The van der Waals surface area contributed by atoms with Gasteiger partial charge in [0.05, 0.1) is 7.11 Å². The fourth-order valence-electron chi connectivity index (χ4n) is 2.50. The summed E-state index contributed by atoms with van der Waals surface area (Å²) in [6, 6.07) is 3.84. The van der Waals surface area contributed by atoms with Crippen molar-refractivity contribution < 1.29 is 42.0 Å². The summed E-state index contributed by atoms with van der Waals surface area (Å²) in [7, 11) is -4.15. The van der Waals surface area contributed by atoms with Crippen LogP contribution in [-0.4, -0.2) is 65.3 Å². The van der Waals surface area contributed by atoms with Crippen LogP contribution < -0.4 is 5.32 Å². The fraction of sp³-hybridized carbons (Fsp3) is 0.286. The van der Waals surface area contributed by atoms with Crippen molar-refractivity contribution in [3.63, 3.8) is 0 Å². The number of methoxy groups -OCH3 is 1. The van der Waals surface area contributed by atoms with Gasteiger partial charge in [0.15, 0.2) is 12.0 Å². The van der Waals surface area contributed by atoms with Crippen molar-refractivity contribution in [1.29, 1.82) is 0 Å². The number of nitrogens with zero attached hydrogens (tertiary/aromatic N) is 1. The van der Waals surface area contributed by atoms with Crippen LogP contribution in [0, 0.1) is 0 Å². The lowest BCUT2D eigenvalue weighted by Gasteiger charge is -2.42. The SMILES string of the molecule is COC(=O)[C@H]1[C@@H](NC(=O)C(C(=O)O)c2ccccc2)C(=O)N1S(=O)(=O)O. The number of β-lactam (4-membered cyclic amide) rings is 1. The molecule has 12 heteroatoms. The molecule has 26 heavy (non-hydrogen) atoms. The van der Waals surface area contributed by atoms with Crippen molar-refractivity contribution in [3.8, 4) is 0 Å². The van der Waals surface area contributed by atoms with E-state index in [1.807, 2.05) is 5.32 Å². The average molecular weight is 386 g/mol. The summed E-state index contributed by atoms with van der Waals surface area (Å²) in [6.07, 6.45) is 0. The first kappa shape index (κ1) is 19.3. The van der Waals surface area contributed by atoms with Crippen molar-refractivity contribution in [1.82, 2.24) is 9.62 Å². The Bertz CT molecular complexity index is 852. The summed E-state index contributed by atoms with van der Waals surface area (Å²) in [6.45, 7) is 0. The molecular formula is C14H14N2O9S. The quantitative estimate of drug-likeness (QED) is 0.229. The number of hydrogen-bond donors (Lipinski definition) is 3. The Morgan fingerprint density at radius 2 is 1.81 bits per heavy atom. The first-order valence-corrected chi connectivity index (χ1v) is 8.46. The minimum atomic E-state index is -5.06. The molecule has 1 aromatic rings. The molecule has 0 radical (unpaired) electrons. The summed E-state index contributed by atoms with van der Waals surface area (Å²) in [5.74, 6) is -6.85. The van der Waals surface area contributed by atoms with Gasteiger partial charge in [-0.1, -0.05) is 30.3 Å². The van der Waals surface area contributed by atoms with E-state index in [-0.39, 0.29) is 9.87 Å². The van der Waals surface area contributed by atoms with Crippen molar-refractivity contribution in [2.75, 3.05) is 7.11 Å². The normalized spacial score (nSPS) is 20.7. The van der Waals surface area contributed by atoms with Crippen LogP contribution in [0.3, 0.4) is 0 Å². The number of hydrogen-bond acceptors (Lipinski definition) is 7. The first-order chi connectivity index (χ1) is 12.1. The second kappa shape index (κ2) is 7.09. The molecule has 3 atom stereocenters. The number of nitrogens with one attached hydrogen (secondary N) is 1. The standard InChI is InChI=1S/C14H14N2O9S/c1-25-14(21)10-9(12(18)16(10)26(22,23)24)15-11(17)8(13(19)20)7-5-3-2-4-6-7/h2-6,8-10H,1H3,(H,15,17)(H,19,20)(H,22,23,24)/t8?,9-,10-/m1/s1. The number of aliphatic carboxylic acids is 1. The van der Waals surface area contributed by atoms with Crippen molar-refractivity contribution in [3.05, 3.63) is 35.9 Å². The number of ether oxygens (including phenoxy) is 1. The molecule has 11 nitrogen and oxygen atoms in total. The molecule has 0 saturated carbocycles. The molecular weight excluding hydrogens is 372 g/mol. The predicted octanol–water partition coefficient (Wildman–Crippen LogP) is -1.47. The lowest BCUT2D eigenvalue weighted by molar-refractivity contribution is -0.162. The van der Waals surface area contributed by atoms with Gasteiger partial charge in [-0.2, -0.15) is 12.7 Å². The summed E-state index contributed by atoms with van der Waals surface area (Å²) in [5, 5.41) is 11.3. The molecule has 0 spiro atoms. The van der Waals surface area contributed by atoms with Gasteiger partial charge in [-0.05, 0) is 5.56 Å². The number of amides is 2. The third-order valence-electron chi connectivity index (χ3n) is 3.68. The van der Waals surface area contributed by atoms with Crippen LogP contribution in [0.1, 0.15) is 11.5 Å². The number of rotatable bonds is 6. The zero-order valence-corrected chi connectivity index (χ0v) is 14.0. The summed E-state index contributed by atoms with van der Waals surface area (Å²) < 4.78 is 35.6. The first-order valence-electron chi connectivity index (χ1n) is 7.06. The van der Waals surface area contributed by atoms with E-state index in [1.165, 1.54) is 24.3 Å². The zero-order chi connectivity index (χ0) is 19.6. The molecule has 1 unspecified atom stereocenters. The average Bonchev–Trinajstić information content (AvgIpc) is 2.56. The zero-order valence-electron chi connectivity index (χ0n) is 13.2. The van der Waals surface area contributed by atoms with Gasteiger partial charge in [0.1, 0.15) is 6.04 Å². The van der Waals surface area contributed by atoms with Crippen LogP contribution >= 0.6 is 0 Å². The predicted molar refractivity (Wildman–Crippen MR) is 82.9 cm³/mol. The maximum Gasteiger partial charge on any atom is 0.363 e. The second-order valence-corrected chi connectivity index (χ2v) is 6.54. The van der Waals surface area contributed by atoms with Crippen LogP contribution in [0.15, 0.2) is 30.3 Å².